The number of carbonyl (C=O) groups is 1. The fourth-order valence-electron chi connectivity index (χ4n) is 4.66. The number of amides is 1. The summed E-state index contributed by atoms with van der Waals surface area (Å²) in [5.74, 6) is -0.236. The molecule has 1 aromatic rings. The molecule has 27 heavy (non-hydrogen) atoms. The van der Waals surface area contributed by atoms with Crippen LogP contribution in [0, 0.1) is 10.1 Å². The molecule has 0 aliphatic carbocycles. The lowest BCUT2D eigenvalue weighted by Gasteiger charge is -2.42. The largest absolute Gasteiger partial charge is 0.371 e. The summed E-state index contributed by atoms with van der Waals surface area (Å²) in [5.41, 5.74) is 2.08. The first-order valence-corrected chi connectivity index (χ1v) is 9.81. The number of carbonyl (C=O) groups excluding carboxylic acids is 1. The monoisotopic (exact) mass is 373 g/mol. The molecule has 3 aliphatic rings. The molecule has 0 spiro atoms. The van der Waals surface area contributed by atoms with Crippen molar-refractivity contribution in [3.8, 4) is 0 Å². The number of benzene rings is 1. The number of nitrogens with zero attached hydrogens (tertiary/aromatic N) is 4. The van der Waals surface area contributed by atoms with E-state index in [1.807, 2.05) is 6.07 Å². The van der Waals surface area contributed by atoms with Gasteiger partial charge in [-0.15, -0.1) is 0 Å². The second-order valence-corrected chi connectivity index (χ2v) is 7.70. The Labute approximate surface area is 159 Å². The van der Waals surface area contributed by atoms with Gasteiger partial charge in [-0.1, -0.05) is 0 Å². The van der Waals surface area contributed by atoms with Gasteiger partial charge in [0, 0.05) is 70.7 Å². The van der Waals surface area contributed by atoms with Crippen LogP contribution in [-0.2, 0) is 6.42 Å². The van der Waals surface area contributed by atoms with E-state index in [-0.39, 0.29) is 17.2 Å². The number of hydrogen-bond acceptors (Lipinski definition) is 6. The smallest absolute Gasteiger partial charge is 0.282 e. The third-order valence-corrected chi connectivity index (χ3v) is 6.19. The van der Waals surface area contributed by atoms with Gasteiger partial charge in [-0.05, 0) is 30.9 Å². The maximum absolute atomic E-state index is 12.6. The number of fused-ring (bicyclic) bond motifs is 1. The first-order chi connectivity index (χ1) is 13.1. The quantitative estimate of drug-likeness (QED) is 0.631. The summed E-state index contributed by atoms with van der Waals surface area (Å²) in [7, 11) is 1.71. The van der Waals surface area contributed by atoms with Crippen LogP contribution >= 0.6 is 0 Å². The van der Waals surface area contributed by atoms with Crippen LogP contribution in [0.3, 0.4) is 0 Å². The van der Waals surface area contributed by atoms with Crippen molar-refractivity contribution in [3.05, 3.63) is 33.4 Å². The van der Waals surface area contributed by atoms with E-state index in [0.29, 0.717) is 19.0 Å². The van der Waals surface area contributed by atoms with E-state index in [1.165, 1.54) is 6.07 Å². The van der Waals surface area contributed by atoms with Crippen molar-refractivity contribution in [2.24, 2.45) is 0 Å². The fraction of sp³-hybridized carbons (Fsp3) is 0.632. The van der Waals surface area contributed by atoms with Gasteiger partial charge in [0.05, 0.1) is 4.92 Å². The lowest BCUT2D eigenvalue weighted by atomic mass is 9.93. The van der Waals surface area contributed by atoms with Gasteiger partial charge < -0.3 is 15.1 Å². The third-order valence-electron chi connectivity index (χ3n) is 6.19. The van der Waals surface area contributed by atoms with Crippen LogP contribution in [0.5, 0.6) is 0 Å². The summed E-state index contributed by atoms with van der Waals surface area (Å²) in [5, 5.41) is 14.8. The van der Waals surface area contributed by atoms with Crippen LogP contribution in [-0.4, -0.2) is 79.5 Å². The highest BCUT2D eigenvalue weighted by molar-refractivity contribution is 6.02. The van der Waals surface area contributed by atoms with Gasteiger partial charge in [-0.3, -0.25) is 19.8 Å². The molecule has 0 unspecified atom stereocenters. The Bertz CT molecular complexity index is 739. The van der Waals surface area contributed by atoms with E-state index in [9.17, 15) is 14.9 Å². The van der Waals surface area contributed by atoms with Crippen LogP contribution < -0.4 is 10.2 Å². The minimum Gasteiger partial charge on any atom is -0.371 e. The second-order valence-electron chi connectivity index (χ2n) is 7.70. The zero-order chi connectivity index (χ0) is 19.0. The molecule has 2 fully saturated rings. The number of piperidine rings is 1. The molecule has 8 heteroatoms. The normalized spacial score (nSPS) is 22.0. The number of nitro groups is 1. The number of likely N-dealkylation sites (N-methyl/N-ethyl adjacent to an activating group) is 1. The summed E-state index contributed by atoms with van der Waals surface area (Å²) in [6, 6.07) is 3.97. The molecule has 0 bridgehead atoms. The Morgan fingerprint density at radius 1 is 1.11 bits per heavy atom. The highest BCUT2D eigenvalue weighted by atomic mass is 16.6. The topological polar surface area (TPSA) is 82.0 Å². The summed E-state index contributed by atoms with van der Waals surface area (Å²) >= 11 is 0. The first kappa shape index (κ1) is 18.2. The van der Waals surface area contributed by atoms with Gasteiger partial charge in [0.1, 0.15) is 5.56 Å². The van der Waals surface area contributed by atoms with Gasteiger partial charge in [-0.2, -0.15) is 0 Å². The third kappa shape index (κ3) is 3.39. The minimum atomic E-state index is -0.434. The Hall–Kier alpha value is -2.19. The fourth-order valence-corrected chi connectivity index (χ4v) is 4.66. The van der Waals surface area contributed by atoms with E-state index in [4.69, 9.17) is 0 Å². The predicted molar refractivity (Wildman–Crippen MR) is 103 cm³/mol. The highest BCUT2D eigenvalue weighted by Gasteiger charge is 2.34. The molecule has 0 radical (unpaired) electrons. The van der Waals surface area contributed by atoms with Crippen molar-refractivity contribution in [2.45, 2.75) is 25.3 Å². The van der Waals surface area contributed by atoms with E-state index in [2.05, 4.69) is 15.1 Å². The van der Waals surface area contributed by atoms with Gasteiger partial charge in [-0.25, -0.2) is 0 Å². The molecule has 0 atom stereocenters. The van der Waals surface area contributed by atoms with E-state index in [1.54, 1.807) is 11.9 Å². The molecular formula is C19H27N5O3. The van der Waals surface area contributed by atoms with Crippen LogP contribution in [0.2, 0.25) is 0 Å². The van der Waals surface area contributed by atoms with Crippen molar-refractivity contribution in [3.63, 3.8) is 0 Å². The number of nitrogens with one attached hydrogen (secondary N) is 1. The van der Waals surface area contributed by atoms with Gasteiger partial charge in [0.25, 0.3) is 11.6 Å². The second kappa shape index (κ2) is 7.44. The molecule has 1 amide bonds. The summed E-state index contributed by atoms with van der Waals surface area (Å²) in [6.07, 6.45) is 2.87. The van der Waals surface area contributed by atoms with Crippen molar-refractivity contribution in [1.82, 2.24) is 15.1 Å². The van der Waals surface area contributed by atoms with Crippen LogP contribution in [0.15, 0.2) is 12.1 Å². The van der Waals surface area contributed by atoms with Gasteiger partial charge in [0.15, 0.2) is 0 Å². The summed E-state index contributed by atoms with van der Waals surface area (Å²) in [6.45, 7) is 6.82. The molecule has 3 aliphatic heterocycles. The molecule has 1 N–H and O–H groups in total. The summed E-state index contributed by atoms with van der Waals surface area (Å²) in [4.78, 5) is 30.1. The van der Waals surface area contributed by atoms with Crippen LogP contribution in [0.1, 0.15) is 28.8 Å². The molecule has 8 nitrogen and oxygen atoms in total. The SMILES string of the molecule is CN1CCc2c(N3CCC(N4CCNCC4)CC3)ccc([N+](=O)[O-])c2C1=O. The maximum Gasteiger partial charge on any atom is 0.282 e. The number of hydrogen-bond donors (Lipinski definition) is 1. The molecule has 0 saturated carbocycles. The number of anilines is 1. The van der Waals surface area contributed by atoms with Crippen molar-refractivity contribution >= 4 is 17.3 Å². The average Bonchev–Trinajstić information content (AvgIpc) is 2.70. The van der Waals surface area contributed by atoms with E-state index >= 15 is 0 Å². The van der Waals surface area contributed by atoms with E-state index in [0.717, 1.165) is 63.4 Å². The number of piperazine rings is 1. The minimum absolute atomic E-state index is 0.0685. The molecule has 2 saturated heterocycles. The van der Waals surface area contributed by atoms with Crippen molar-refractivity contribution in [2.75, 3.05) is 57.8 Å². The Morgan fingerprint density at radius 3 is 2.48 bits per heavy atom. The van der Waals surface area contributed by atoms with E-state index < -0.39 is 4.92 Å². The Kier molecular flexibility index (Phi) is 5.01. The number of nitro benzene ring substituents is 1. The highest BCUT2D eigenvalue weighted by Crippen LogP contribution is 2.36. The molecule has 0 aromatic heterocycles. The van der Waals surface area contributed by atoms with Crippen LogP contribution in [0.25, 0.3) is 0 Å². The van der Waals surface area contributed by atoms with Gasteiger partial charge >= 0.3 is 0 Å². The summed E-state index contributed by atoms with van der Waals surface area (Å²) < 4.78 is 0. The predicted octanol–water partition coefficient (Wildman–Crippen LogP) is 1.10. The zero-order valence-electron chi connectivity index (χ0n) is 15.8. The van der Waals surface area contributed by atoms with Crippen LogP contribution in [0.4, 0.5) is 11.4 Å². The maximum atomic E-state index is 12.6. The zero-order valence-corrected chi connectivity index (χ0v) is 15.8. The van der Waals surface area contributed by atoms with Gasteiger partial charge in [0.2, 0.25) is 0 Å². The number of rotatable bonds is 3. The first-order valence-electron chi connectivity index (χ1n) is 9.81. The molecule has 4 rings (SSSR count). The molecular weight excluding hydrogens is 346 g/mol. The van der Waals surface area contributed by atoms with Crippen molar-refractivity contribution < 1.29 is 9.72 Å². The Morgan fingerprint density at radius 2 is 1.81 bits per heavy atom. The lowest BCUT2D eigenvalue weighted by molar-refractivity contribution is -0.385. The lowest BCUT2D eigenvalue weighted by Crippen LogP contribution is -2.52. The molecule has 146 valence electrons. The standard InChI is InChI=1S/C19H27N5O3/c1-21-9-6-15-16(2-3-17(24(26)27)18(15)19(21)25)23-10-4-14(5-11-23)22-12-7-20-8-13-22/h2-3,14,20H,4-13H2,1H3. The molecule has 1 aromatic carbocycles. The Balaban J connectivity index is 1.56. The van der Waals surface area contributed by atoms with Crippen molar-refractivity contribution in [1.29, 1.82) is 0 Å². The average molecular weight is 373 g/mol. The molecule has 3 heterocycles.